The fourth-order valence-corrected chi connectivity index (χ4v) is 6.32. The van der Waals surface area contributed by atoms with E-state index in [1.54, 1.807) is 0 Å². The van der Waals surface area contributed by atoms with Crippen molar-refractivity contribution in [2.45, 2.75) is 19.1 Å². The van der Waals surface area contributed by atoms with Gasteiger partial charge in [0.15, 0.2) is 17.5 Å². The van der Waals surface area contributed by atoms with E-state index in [1.807, 2.05) is 0 Å². The zero-order valence-corrected chi connectivity index (χ0v) is 29.2. The summed E-state index contributed by atoms with van der Waals surface area (Å²) in [6.07, 6.45) is 0. The predicted octanol–water partition coefficient (Wildman–Crippen LogP) is 14.2. The number of benzene rings is 8. The SMILES string of the molecule is [2H]c1c([2H])c([2H])c(-c2nc(-c3c([2H])c([2H])c([2H])c([2H])c3[2H])nc(-c3c([2H])c(-c4c([2H])c([2H])c(N(c5c([2H])c([2H])c([2H])c([2H])c5[2H])c5c([2H])c([2H])c6c(c5[2H])C(C([2H])([2H])[2H])(C([2H])([2H])[2H])c5c([2H])c([2H])c([2H])c([2H])c5-6)c([2H])c4[2H])c([2H])c4oc5c([2H])c([2H])c([2H])c([2H])c5c34)n2)c([2H])c1[2H]. The van der Waals surface area contributed by atoms with Crippen LogP contribution in [0.2, 0.25) is 0 Å². The van der Waals surface area contributed by atoms with Crippen LogP contribution in [0.5, 0.6) is 0 Å². The lowest BCUT2D eigenvalue weighted by atomic mass is 9.82. The maximum Gasteiger partial charge on any atom is 0.164 e. The summed E-state index contributed by atoms with van der Waals surface area (Å²) in [6, 6.07) is -37.2. The van der Waals surface area contributed by atoms with Gasteiger partial charge in [-0.3, -0.25) is 0 Å². The smallest absolute Gasteiger partial charge is 0.164 e. The van der Waals surface area contributed by atoms with E-state index in [-0.39, 0.29) is 4.90 Å². The Morgan fingerprint density at radius 2 is 1.02 bits per heavy atom. The standard InChI is InChI=1S/C54H38N4O/c1-54(2)46-24-14-12-22-42(46)43-31-30-41(34-47(43)54)58(39-20-10-5-11-21-39)40-28-26-35(27-29-40)38-32-45(50-44-23-13-15-25-48(44)59-49(50)33-38)53-56-51(36-16-6-3-7-17-36)55-52(57-53)37-18-8-4-9-19-37/h3-34H,1-2H3/i1D3,2D3,3D,4D,5D,6D,7D,8D,9D,10D,11D,12D,13D,14D,15D,16D,17D,18D,19D,20D,21D,22D,23D,24D,25D,26D,27D,28D,29D,30D,31D,32D,33D,34D. The molecule has 0 atom stereocenters. The highest BCUT2D eigenvalue weighted by Gasteiger charge is 2.35. The summed E-state index contributed by atoms with van der Waals surface area (Å²) in [5.41, 5.74) is -19.0. The van der Waals surface area contributed by atoms with Gasteiger partial charge in [0.1, 0.15) is 11.2 Å². The third kappa shape index (κ3) is 5.90. The molecule has 280 valence electrons. The lowest BCUT2D eigenvalue weighted by Crippen LogP contribution is -2.16. The normalized spacial score (nSPS) is 22.2. The van der Waals surface area contributed by atoms with Crippen LogP contribution in [-0.4, -0.2) is 15.0 Å². The number of para-hydroxylation sites is 2. The van der Waals surface area contributed by atoms with Crippen molar-refractivity contribution in [2.24, 2.45) is 0 Å². The molecule has 0 N–H and O–H groups in total. The molecule has 0 aliphatic heterocycles. The van der Waals surface area contributed by atoms with Crippen molar-refractivity contribution < 1.29 is 56.5 Å². The van der Waals surface area contributed by atoms with E-state index < -0.39 is 319 Å². The fourth-order valence-electron chi connectivity index (χ4n) is 6.32. The second-order valence-electron chi connectivity index (χ2n) is 12.3. The number of nitrogens with zero attached hydrogens (tertiary/aromatic N) is 4. The lowest BCUT2D eigenvalue weighted by molar-refractivity contribution is 0.660. The third-order valence-electron chi connectivity index (χ3n) is 8.89. The topological polar surface area (TPSA) is 55.1 Å². The molecule has 1 aliphatic carbocycles. The minimum atomic E-state index is -4.05. The van der Waals surface area contributed by atoms with Crippen LogP contribution in [0.15, 0.2) is 198 Å². The van der Waals surface area contributed by atoms with Crippen LogP contribution in [0.25, 0.3) is 78.4 Å². The predicted molar refractivity (Wildman–Crippen MR) is 241 cm³/mol. The Bertz CT molecular complexity index is 5090. The molecule has 2 heterocycles. The van der Waals surface area contributed by atoms with E-state index in [2.05, 4.69) is 15.0 Å². The lowest BCUT2D eigenvalue weighted by Gasteiger charge is -2.28. The van der Waals surface area contributed by atoms with Gasteiger partial charge in [-0.15, -0.1) is 0 Å². The second-order valence-corrected chi connectivity index (χ2v) is 12.3. The molecule has 0 saturated carbocycles. The molecule has 0 radical (unpaired) electrons. The first kappa shape index (κ1) is 13.2. The van der Waals surface area contributed by atoms with E-state index in [0.717, 1.165) is 0 Å². The molecule has 11 rings (SSSR count). The average Bonchev–Trinajstić information content (AvgIpc) is 1.51. The van der Waals surface area contributed by atoms with E-state index in [0.29, 0.717) is 0 Å². The summed E-state index contributed by atoms with van der Waals surface area (Å²) < 4.78 is 349. The van der Waals surface area contributed by atoms with Gasteiger partial charge >= 0.3 is 0 Å². The highest BCUT2D eigenvalue weighted by atomic mass is 16.3. The quantitative estimate of drug-likeness (QED) is 0.161. The van der Waals surface area contributed by atoms with Gasteiger partial charge in [0.05, 0.1) is 43.9 Å². The number of fused-ring (bicyclic) bond motifs is 6. The van der Waals surface area contributed by atoms with Gasteiger partial charge in [-0.25, -0.2) is 15.0 Å². The highest BCUT2D eigenvalue weighted by molar-refractivity contribution is 6.13. The van der Waals surface area contributed by atoms with E-state index >= 15 is 0 Å². The van der Waals surface area contributed by atoms with Gasteiger partial charge in [0.25, 0.3) is 0 Å². The van der Waals surface area contributed by atoms with Crippen molar-refractivity contribution in [3.05, 3.63) is 204 Å². The Hall–Kier alpha value is -7.63. The number of aromatic nitrogens is 3. The fraction of sp³-hybridized carbons (Fsp3) is 0.0556. The Kier molecular flexibility index (Phi) is 3.08. The Morgan fingerprint density at radius 3 is 1.73 bits per heavy atom. The Balaban J connectivity index is 1.33. The van der Waals surface area contributed by atoms with Gasteiger partial charge in [-0.2, -0.15) is 0 Å². The van der Waals surface area contributed by atoms with Gasteiger partial charge in [0.2, 0.25) is 0 Å². The first-order valence-corrected chi connectivity index (χ1v) is 16.9. The van der Waals surface area contributed by atoms with E-state index in [9.17, 15) is 15.1 Å². The Labute approximate surface area is 396 Å². The van der Waals surface area contributed by atoms with Crippen molar-refractivity contribution in [2.75, 3.05) is 4.90 Å². The van der Waals surface area contributed by atoms with Crippen LogP contribution in [-0.2, 0) is 5.41 Å². The summed E-state index contributed by atoms with van der Waals surface area (Å²) >= 11 is 0. The summed E-state index contributed by atoms with van der Waals surface area (Å²) in [7, 11) is 0. The molecular weight excluding hydrogens is 721 g/mol. The molecule has 8 aromatic carbocycles. The zero-order valence-electron chi connectivity index (χ0n) is 67.2. The number of anilines is 3. The minimum Gasteiger partial charge on any atom is -0.456 e. The summed E-state index contributed by atoms with van der Waals surface area (Å²) in [5.74, 6) is -2.95. The van der Waals surface area contributed by atoms with Crippen molar-refractivity contribution in [3.8, 4) is 56.4 Å². The number of rotatable bonds is 7. The molecule has 0 saturated heterocycles. The van der Waals surface area contributed by atoms with Gasteiger partial charge in [-0.05, 0) is 87.8 Å². The molecule has 0 amide bonds. The minimum absolute atomic E-state index is 0.140. The molecule has 59 heavy (non-hydrogen) atoms. The number of furan rings is 1. The summed E-state index contributed by atoms with van der Waals surface area (Å²) in [5, 5.41) is -1.37. The number of hydrogen-bond donors (Lipinski definition) is 0. The number of hydrogen-bond acceptors (Lipinski definition) is 5. The van der Waals surface area contributed by atoms with Crippen molar-refractivity contribution in [1.29, 1.82) is 0 Å². The van der Waals surface area contributed by atoms with Gasteiger partial charge in [0, 0.05) is 58.2 Å². The van der Waals surface area contributed by atoms with Crippen LogP contribution in [0.4, 0.5) is 17.1 Å². The first-order chi connectivity index (χ1) is 44.8. The van der Waals surface area contributed by atoms with E-state index in [4.69, 9.17) is 41.4 Å². The van der Waals surface area contributed by atoms with Crippen LogP contribution in [0.3, 0.4) is 0 Å². The Morgan fingerprint density at radius 1 is 0.441 bits per heavy atom. The van der Waals surface area contributed by atoms with Gasteiger partial charge < -0.3 is 9.32 Å². The maximum absolute atomic E-state index is 10.2. The highest BCUT2D eigenvalue weighted by Crippen LogP contribution is 2.51. The molecule has 5 heteroatoms. The van der Waals surface area contributed by atoms with Crippen LogP contribution in [0.1, 0.15) is 76.9 Å². The van der Waals surface area contributed by atoms with Crippen molar-refractivity contribution >= 4 is 39.0 Å². The maximum atomic E-state index is 10.2. The monoisotopic (exact) mass is 797 g/mol. The average molecular weight is 797 g/mol. The molecule has 0 spiro atoms. The van der Waals surface area contributed by atoms with Crippen LogP contribution >= 0.6 is 0 Å². The molecule has 1 aliphatic rings. The molecule has 0 fully saturated rings. The molecule has 10 aromatic rings. The van der Waals surface area contributed by atoms with Crippen LogP contribution in [0, 0.1) is 0 Å². The second kappa shape index (κ2) is 13.8. The zero-order chi connectivity index (χ0) is 72.4. The molecule has 2 aromatic heterocycles. The molecule has 0 unspecified atom stereocenters. The summed E-state index contributed by atoms with van der Waals surface area (Å²) in [6.45, 7) is -8.09. The third-order valence-corrected chi connectivity index (χ3v) is 8.89. The first-order valence-electron chi connectivity index (χ1n) is 35.9. The van der Waals surface area contributed by atoms with Crippen molar-refractivity contribution in [3.63, 3.8) is 0 Å². The van der Waals surface area contributed by atoms with E-state index in [1.165, 1.54) is 0 Å². The molecule has 0 bridgehead atoms. The molecular formula is C54H38N4O. The largest absolute Gasteiger partial charge is 0.456 e. The van der Waals surface area contributed by atoms with Gasteiger partial charge in [-0.1, -0.05) is 153 Å². The van der Waals surface area contributed by atoms with Crippen LogP contribution < -0.4 is 4.90 Å². The summed E-state index contributed by atoms with van der Waals surface area (Å²) in [4.78, 5) is 13.1. The molecule has 5 nitrogen and oxygen atoms in total. The van der Waals surface area contributed by atoms with Crippen molar-refractivity contribution in [1.82, 2.24) is 15.0 Å².